The summed E-state index contributed by atoms with van der Waals surface area (Å²) in [7, 11) is 0. The van der Waals surface area contributed by atoms with Crippen LogP contribution in [0.25, 0.3) is 0 Å². The molecule has 1 atom stereocenters. The van der Waals surface area contributed by atoms with Gasteiger partial charge in [0.15, 0.2) is 0 Å². The van der Waals surface area contributed by atoms with Crippen molar-refractivity contribution in [2.24, 2.45) is 0 Å². The van der Waals surface area contributed by atoms with Crippen LogP contribution in [-0.2, 0) is 20.1 Å². The topological polar surface area (TPSA) is 59.5 Å². The van der Waals surface area contributed by atoms with Crippen LogP contribution in [0.3, 0.4) is 0 Å². The predicted octanol–water partition coefficient (Wildman–Crippen LogP) is 2.24. The number of carbonyl (C=O) groups is 2. The number of rotatable bonds is 6. The number of nitrogens with zero attached hydrogens (tertiary/aromatic N) is 2. The highest BCUT2D eigenvalue weighted by Crippen LogP contribution is 2.21. The van der Waals surface area contributed by atoms with Crippen LogP contribution in [0.5, 0.6) is 0 Å². The molecular formula is C14H20N2O3S2. The molecule has 1 aliphatic rings. The number of thiazole rings is 1. The number of hydrogen-bond donors (Lipinski definition) is 0. The lowest BCUT2D eigenvalue weighted by Crippen LogP contribution is -2.42. The van der Waals surface area contributed by atoms with Crippen molar-refractivity contribution < 1.29 is 14.3 Å². The molecular weight excluding hydrogens is 308 g/mol. The van der Waals surface area contributed by atoms with Gasteiger partial charge >= 0.3 is 5.97 Å². The van der Waals surface area contributed by atoms with Crippen LogP contribution in [0.15, 0.2) is 5.38 Å². The Kier molecular flexibility index (Phi) is 6.05. The molecule has 0 radical (unpaired) electrons. The Morgan fingerprint density at radius 3 is 3.05 bits per heavy atom. The molecule has 0 aromatic carbocycles. The molecule has 1 saturated heterocycles. The van der Waals surface area contributed by atoms with Crippen LogP contribution >= 0.6 is 23.1 Å². The maximum Gasteiger partial charge on any atom is 0.328 e. The number of hydrogen-bond acceptors (Lipinski definition) is 6. The monoisotopic (exact) mass is 328 g/mol. The van der Waals surface area contributed by atoms with Crippen LogP contribution < -0.4 is 0 Å². The molecule has 0 aliphatic carbocycles. The summed E-state index contributed by atoms with van der Waals surface area (Å²) < 4.78 is 5.03. The van der Waals surface area contributed by atoms with E-state index in [1.807, 2.05) is 12.3 Å². The highest BCUT2D eigenvalue weighted by atomic mass is 32.2. The lowest BCUT2D eigenvalue weighted by molar-refractivity contribution is -0.152. The van der Waals surface area contributed by atoms with E-state index in [0.29, 0.717) is 25.3 Å². The van der Waals surface area contributed by atoms with Crippen molar-refractivity contribution in [2.75, 3.05) is 18.9 Å². The Hall–Kier alpha value is -1.08. The molecule has 7 heteroatoms. The summed E-state index contributed by atoms with van der Waals surface area (Å²) in [5, 5.41) is 3.06. The molecule has 0 spiro atoms. The zero-order valence-corrected chi connectivity index (χ0v) is 14.0. The Bertz CT molecular complexity index is 504. The Morgan fingerprint density at radius 2 is 2.38 bits per heavy atom. The van der Waals surface area contributed by atoms with Crippen LogP contribution in [-0.4, -0.2) is 46.7 Å². The summed E-state index contributed by atoms with van der Waals surface area (Å²) in [5.74, 6) is 0.853. The molecule has 1 aromatic rings. The maximum absolute atomic E-state index is 12.2. The van der Waals surface area contributed by atoms with E-state index >= 15 is 0 Å². The van der Waals surface area contributed by atoms with E-state index < -0.39 is 0 Å². The highest BCUT2D eigenvalue weighted by molar-refractivity contribution is 7.99. The van der Waals surface area contributed by atoms with E-state index in [1.165, 1.54) is 0 Å². The average molecular weight is 328 g/mol. The third-order valence-electron chi connectivity index (χ3n) is 3.27. The van der Waals surface area contributed by atoms with E-state index in [4.69, 9.17) is 4.74 Å². The van der Waals surface area contributed by atoms with Gasteiger partial charge in [0.05, 0.1) is 23.1 Å². The number of aromatic nitrogens is 1. The number of ether oxygens (including phenoxy) is 1. The molecule has 0 bridgehead atoms. The van der Waals surface area contributed by atoms with Crippen molar-refractivity contribution in [3.63, 3.8) is 0 Å². The van der Waals surface area contributed by atoms with Gasteiger partial charge in [-0.2, -0.15) is 0 Å². The molecule has 2 heterocycles. The lowest BCUT2D eigenvalue weighted by atomic mass is 10.2. The maximum atomic E-state index is 12.2. The molecule has 1 aromatic heterocycles. The summed E-state index contributed by atoms with van der Waals surface area (Å²) in [6.07, 6.45) is 1.58. The van der Waals surface area contributed by atoms with Gasteiger partial charge in [-0.3, -0.25) is 4.79 Å². The first-order valence-electron chi connectivity index (χ1n) is 7.06. The summed E-state index contributed by atoms with van der Waals surface area (Å²) in [4.78, 5) is 30.1. The smallest absolute Gasteiger partial charge is 0.328 e. The molecule has 1 aliphatic heterocycles. The minimum Gasteiger partial charge on any atom is -0.464 e. The van der Waals surface area contributed by atoms with Crippen molar-refractivity contribution in [1.29, 1.82) is 0 Å². The SMILES string of the molecule is CCOC(=O)C1CCCN1C(=O)CSCc1csc(C)n1. The number of likely N-dealkylation sites (tertiary alicyclic amines) is 1. The lowest BCUT2D eigenvalue weighted by Gasteiger charge is -2.22. The molecule has 1 fully saturated rings. The van der Waals surface area contributed by atoms with Gasteiger partial charge in [0.25, 0.3) is 0 Å². The number of aryl methyl sites for hydroxylation is 1. The standard InChI is InChI=1S/C14H20N2O3S2/c1-3-19-14(18)12-5-4-6-16(12)13(17)9-20-7-11-8-21-10(2)15-11/h8,12H,3-7,9H2,1-2H3. The van der Waals surface area contributed by atoms with Gasteiger partial charge in [-0.25, -0.2) is 9.78 Å². The fourth-order valence-corrected chi connectivity index (χ4v) is 3.87. The normalized spacial score (nSPS) is 18.0. The summed E-state index contributed by atoms with van der Waals surface area (Å²) in [6.45, 7) is 4.76. The third kappa shape index (κ3) is 4.44. The van der Waals surface area contributed by atoms with Gasteiger partial charge in [0.1, 0.15) is 6.04 Å². The molecule has 116 valence electrons. The second-order valence-corrected chi connectivity index (χ2v) is 6.90. The molecule has 5 nitrogen and oxygen atoms in total. The van der Waals surface area contributed by atoms with E-state index in [1.54, 1.807) is 34.9 Å². The zero-order chi connectivity index (χ0) is 15.2. The molecule has 0 N–H and O–H groups in total. The molecule has 0 saturated carbocycles. The molecule has 1 unspecified atom stereocenters. The first-order valence-corrected chi connectivity index (χ1v) is 9.10. The molecule has 21 heavy (non-hydrogen) atoms. The van der Waals surface area contributed by atoms with Crippen molar-refractivity contribution in [2.45, 2.75) is 38.5 Å². The van der Waals surface area contributed by atoms with Crippen molar-refractivity contribution >= 4 is 35.0 Å². The Labute approximate surface area is 133 Å². The second-order valence-electron chi connectivity index (χ2n) is 4.85. The van der Waals surface area contributed by atoms with Gasteiger partial charge in [-0.05, 0) is 26.7 Å². The van der Waals surface area contributed by atoms with Crippen molar-refractivity contribution in [1.82, 2.24) is 9.88 Å². The van der Waals surface area contributed by atoms with Crippen LogP contribution in [0.2, 0.25) is 0 Å². The van der Waals surface area contributed by atoms with E-state index in [2.05, 4.69) is 4.98 Å². The van der Waals surface area contributed by atoms with Crippen LogP contribution in [0.1, 0.15) is 30.5 Å². The van der Waals surface area contributed by atoms with Gasteiger partial charge in [-0.15, -0.1) is 23.1 Å². The molecule has 2 rings (SSSR count). The summed E-state index contributed by atoms with van der Waals surface area (Å²) >= 11 is 3.16. The van der Waals surface area contributed by atoms with Crippen molar-refractivity contribution in [3.05, 3.63) is 16.1 Å². The third-order valence-corrected chi connectivity index (χ3v) is 5.05. The quantitative estimate of drug-likeness (QED) is 0.750. The number of thioether (sulfide) groups is 1. The number of amides is 1. The molecule has 1 amide bonds. The van der Waals surface area contributed by atoms with Gasteiger partial charge in [0.2, 0.25) is 5.91 Å². The first-order chi connectivity index (χ1) is 10.1. The van der Waals surface area contributed by atoms with Gasteiger partial charge in [-0.1, -0.05) is 0 Å². The number of carbonyl (C=O) groups excluding carboxylic acids is 2. The number of esters is 1. The van der Waals surface area contributed by atoms with Gasteiger partial charge in [0, 0.05) is 17.7 Å². The first kappa shape index (κ1) is 16.3. The highest BCUT2D eigenvalue weighted by Gasteiger charge is 2.34. The largest absolute Gasteiger partial charge is 0.464 e. The fourth-order valence-electron chi connectivity index (χ4n) is 2.35. The minimum absolute atomic E-state index is 0.0162. The van der Waals surface area contributed by atoms with E-state index in [9.17, 15) is 9.59 Å². The van der Waals surface area contributed by atoms with E-state index in [0.717, 1.165) is 22.9 Å². The summed E-state index contributed by atoms with van der Waals surface area (Å²) in [6, 6.07) is -0.389. The van der Waals surface area contributed by atoms with Crippen LogP contribution in [0, 0.1) is 6.92 Å². The second kappa shape index (κ2) is 7.79. The van der Waals surface area contributed by atoms with E-state index in [-0.39, 0.29) is 17.9 Å². The van der Waals surface area contributed by atoms with Crippen molar-refractivity contribution in [3.8, 4) is 0 Å². The average Bonchev–Trinajstić information content (AvgIpc) is 3.08. The summed E-state index contributed by atoms with van der Waals surface area (Å²) in [5.41, 5.74) is 1.01. The minimum atomic E-state index is -0.389. The van der Waals surface area contributed by atoms with Crippen LogP contribution in [0.4, 0.5) is 0 Å². The Morgan fingerprint density at radius 1 is 1.57 bits per heavy atom. The zero-order valence-electron chi connectivity index (χ0n) is 12.3. The van der Waals surface area contributed by atoms with Gasteiger partial charge < -0.3 is 9.64 Å². The predicted molar refractivity (Wildman–Crippen MR) is 84.4 cm³/mol. The Balaban J connectivity index is 1.80. The fraction of sp³-hybridized carbons (Fsp3) is 0.643.